The fourth-order valence-electron chi connectivity index (χ4n) is 3.55. The van der Waals surface area contributed by atoms with Crippen LogP contribution in [0.4, 0.5) is 0 Å². The van der Waals surface area contributed by atoms with Gasteiger partial charge in [0.25, 0.3) is 5.91 Å². The minimum Gasteiger partial charge on any atom is -0.492 e. The number of amides is 1. The molecule has 0 atom stereocenters. The number of nitrogens with zero attached hydrogens (tertiary/aromatic N) is 1. The minimum atomic E-state index is -3.86. The third kappa shape index (κ3) is 6.40. The largest absolute Gasteiger partial charge is 0.492 e. The van der Waals surface area contributed by atoms with E-state index < -0.39 is 10.0 Å². The van der Waals surface area contributed by atoms with Gasteiger partial charge in [0.1, 0.15) is 16.9 Å². The lowest BCUT2D eigenvalue weighted by Gasteiger charge is -2.14. The summed E-state index contributed by atoms with van der Waals surface area (Å²) in [7, 11) is 0.0398. The Hall–Kier alpha value is -3.27. The van der Waals surface area contributed by atoms with Crippen LogP contribution in [0.3, 0.4) is 0 Å². The molecule has 3 aromatic rings. The van der Waals surface area contributed by atoms with E-state index in [1.54, 1.807) is 18.2 Å². The van der Waals surface area contributed by atoms with Crippen LogP contribution in [0.25, 0.3) is 10.8 Å². The molecule has 2 N–H and O–H groups in total. The van der Waals surface area contributed by atoms with E-state index in [1.807, 2.05) is 55.4 Å². The second-order valence-electron chi connectivity index (χ2n) is 7.94. The highest BCUT2D eigenvalue weighted by Crippen LogP contribution is 2.26. The molecule has 3 rings (SSSR count). The number of aldehydes is 1. The monoisotopic (exact) mass is 483 g/mol. The number of carbonyl (C=O) groups excluding carboxylic acids is 2. The molecule has 0 aromatic heterocycles. The summed E-state index contributed by atoms with van der Waals surface area (Å²) in [5.74, 6) is 0.0879. The fraction of sp³-hybridized carbons (Fsp3) is 0.280. The van der Waals surface area contributed by atoms with Gasteiger partial charge >= 0.3 is 0 Å². The molecule has 34 heavy (non-hydrogen) atoms. The van der Waals surface area contributed by atoms with Crippen LogP contribution in [0.2, 0.25) is 0 Å². The molecule has 1 amide bonds. The first kappa shape index (κ1) is 25.4. The Morgan fingerprint density at radius 3 is 2.44 bits per heavy atom. The maximum atomic E-state index is 12.7. The first-order valence-electron chi connectivity index (χ1n) is 10.9. The van der Waals surface area contributed by atoms with Crippen LogP contribution in [0.5, 0.6) is 5.75 Å². The van der Waals surface area contributed by atoms with Crippen LogP contribution < -0.4 is 14.8 Å². The van der Waals surface area contributed by atoms with Gasteiger partial charge < -0.3 is 19.7 Å². The van der Waals surface area contributed by atoms with Gasteiger partial charge in [-0.15, -0.1) is 0 Å². The highest BCUT2D eigenvalue weighted by Gasteiger charge is 2.19. The van der Waals surface area contributed by atoms with Crippen molar-refractivity contribution in [3.8, 4) is 5.75 Å². The Kier molecular flexibility index (Phi) is 8.75. The van der Waals surface area contributed by atoms with Crippen molar-refractivity contribution in [1.82, 2.24) is 14.9 Å². The van der Waals surface area contributed by atoms with Crippen molar-refractivity contribution < 1.29 is 22.7 Å². The molecular formula is C25H29N3O5S. The number of fused-ring (bicyclic) bond motifs is 1. The Morgan fingerprint density at radius 1 is 1.00 bits per heavy atom. The SMILES string of the molecule is CN(C)CCNC(=O)c1ccc(CCOc2ccccc2S(=O)(=O)NCC=O)c2ccccc12. The molecule has 0 aliphatic rings. The molecule has 0 aliphatic heterocycles. The highest BCUT2D eigenvalue weighted by atomic mass is 32.2. The summed E-state index contributed by atoms with van der Waals surface area (Å²) in [5, 5.41) is 4.75. The Bertz CT molecular complexity index is 1260. The molecule has 0 saturated carbocycles. The Morgan fingerprint density at radius 2 is 1.71 bits per heavy atom. The van der Waals surface area contributed by atoms with Gasteiger partial charge in [0, 0.05) is 25.1 Å². The number of sulfonamides is 1. The van der Waals surface area contributed by atoms with Gasteiger partial charge in [0.2, 0.25) is 10.0 Å². The molecule has 0 aliphatic carbocycles. The highest BCUT2D eigenvalue weighted by molar-refractivity contribution is 7.89. The van der Waals surface area contributed by atoms with Gasteiger partial charge in [-0.1, -0.05) is 42.5 Å². The van der Waals surface area contributed by atoms with Crippen molar-refractivity contribution in [2.45, 2.75) is 11.3 Å². The molecule has 0 bridgehead atoms. The predicted molar refractivity (Wildman–Crippen MR) is 132 cm³/mol. The predicted octanol–water partition coefficient (Wildman–Crippen LogP) is 2.23. The minimum absolute atomic E-state index is 0.0218. The van der Waals surface area contributed by atoms with Crippen molar-refractivity contribution in [3.63, 3.8) is 0 Å². The van der Waals surface area contributed by atoms with Crippen LogP contribution in [-0.2, 0) is 21.2 Å². The maximum absolute atomic E-state index is 12.7. The van der Waals surface area contributed by atoms with Crippen LogP contribution in [0.15, 0.2) is 65.6 Å². The molecular weight excluding hydrogens is 454 g/mol. The number of benzene rings is 3. The number of para-hydroxylation sites is 1. The summed E-state index contributed by atoms with van der Waals surface area (Å²) in [4.78, 5) is 25.3. The van der Waals surface area contributed by atoms with Crippen LogP contribution >= 0.6 is 0 Å². The Balaban J connectivity index is 1.75. The summed E-state index contributed by atoms with van der Waals surface area (Å²) in [5.41, 5.74) is 1.59. The topological polar surface area (TPSA) is 105 Å². The second kappa shape index (κ2) is 11.7. The smallest absolute Gasteiger partial charge is 0.251 e. The van der Waals surface area contributed by atoms with E-state index in [0.29, 0.717) is 24.8 Å². The summed E-state index contributed by atoms with van der Waals surface area (Å²) in [6.45, 7) is 1.23. The summed E-state index contributed by atoms with van der Waals surface area (Å²) in [6, 6.07) is 17.7. The maximum Gasteiger partial charge on any atom is 0.251 e. The third-order valence-corrected chi connectivity index (χ3v) is 6.69. The zero-order valence-electron chi connectivity index (χ0n) is 19.3. The zero-order chi connectivity index (χ0) is 24.6. The molecule has 0 unspecified atom stereocenters. The fourth-order valence-corrected chi connectivity index (χ4v) is 4.64. The van der Waals surface area contributed by atoms with Gasteiger partial charge in [-0.25, -0.2) is 13.1 Å². The summed E-state index contributed by atoms with van der Waals surface area (Å²) in [6.07, 6.45) is 0.998. The molecule has 180 valence electrons. The molecule has 0 radical (unpaired) electrons. The third-order valence-electron chi connectivity index (χ3n) is 5.23. The molecule has 0 saturated heterocycles. The molecule has 3 aromatic carbocycles. The first-order valence-corrected chi connectivity index (χ1v) is 12.4. The Labute approximate surface area is 200 Å². The lowest BCUT2D eigenvalue weighted by molar-refractivity contribution is -0.106. The number of nitrogens with one attached hydrogen (secondary N) is 2. The van der Waals surface area contributed by atoms with Crippen molar-refractivity contribution >= 4 is 33.0 Å². The van der Waals surface area contributed by atoms with E-state index in [4.69, 9.17) is 4.74 Å². The van der Waals surface area contributed by atoms with E-state index in [-0.39, 0.29) is 29.7 Å². The van der Waals surface area contributed by atoms with Crippen LogP contribution in [0, 0.1) is 0 Å². The number of carbonyl (C=O) groups is 2. The molecule has 9 heteroatoms. The van der Waals surface area contributed by atoms with Crippen molar-refractivity contribution in [2.75, 3.05) is 40.3 Å². The second-order valence-corrected chi connectivity index (χ2v) is 9.68. The average Bonchev–Trinajstić information content (AvgIpc) is 2.82. The average molecular weight is 484 g/mol. The molecule has 0 fully saturated rings. The quantitative estimate of drug-likeness (QED) is 0.383. The zero-order valence-corrected chi connectivity index (χ0v) is 20.1. The molecule has 0 spiro atoms. The van der Waals surface area contributed by atoms with E-state index in [0.717, 1.165) is 22.9 Å². The van der Waals surface area contributed by atoms with Crippen LogP contribution in [-0.4, -0.2) is 65.8 Å². The summed E-state index contributed by atoms with van der Waals surface area (Å²) >= 11 is 0. The number of likely N-dealkylation sites (N-methyl/N-ethyl adjacent to an activating group) is 1. The normalized spacial score (nSPS) is 11.5. The van der Waals surface area contributed by atoms with Crippen LogP contribution in [0.1, 0.15) is 15.9 Å². The van der Waals surface area contributed by atoms with Gasteiger partial charge in [0.05, 0.1) is 13.2 Å². The van der Waals surface area contributed by atoms with E-state index in [2.05, 4.69) is 10.0 Å². The van der Waals surface area contributed by atoms with Crippen molar-refractivity contribution in [1.29, 1.82) is 0 Å². The number of hydrogen-bond donors (Lipinski definition) is 2. The lowest BCUT2D eigenvalue weighted by Crippen LogP contribution is -2.31. The first-order chi connectivity index (χ1) is 16.3. The summed E-state index contributed by atoms with van der Waals surface area (Å²) < 4.78 is 32.9. The number of hydrogen-bond acceptors (Lipinski definition) is 6. The number of ether oxygens (including phenoxy) is 1. The lowest BCUT2D eigenvalue weighted by atomic mass is 9.97. The molecule has 0 heterocycles. The van der Waals surface area contributed by atoms with Gasteiger partial charge in [-0.2, -0.15) is 0 Å². The van der Waals surface area contributed by atoms with Crippen molar-refractivity contribution in [3.05, 3.63) is 71.8 Å². The van der Waals surface area contributed by atoms with E-state index in [1.165, 1.54) is 6.07 Å². The van der Waals surface area contributed by atoms with Gasteiger partial charge in [0.15, 0.2) is 0 Å². The van der Waals surface area contributed by atoms with Gasteiger partial charge in [-0.05, 0) is 48.6 Å². The standard InChI is InChI=1S/C25H29N3O5S/c1-28(2)16-14-26-25(30)22-12-11-19(20-7-3-4-8-21(20)22)13-18-33-23-9-5-6-10-24(23)34(31,32)27-15-17-29/h3-12,17,27H,13-16,18H2,1-2H3,(H,26,30). The molecule has 8 nitrogen and oxygen atoms in total. The van der Waals surface area contributed by atoms with E-state index in [9.17, 15) is 18.0 Å². The van der Waals surface area contributed by atoms with Gasteiger partial charge in [-0.3, -0.25) is 4.79 Å². The van der Waals surface area contributed by atoms with E-state index >= 15 is 0 Å². The number of rotatable bonds is 12. The van der Waals surface area contributed by atoms with Crippen molar-refractivity contribution in [2.24, 2.45) is 0 Å².